The highest BCUT2D eigenvalue weighted by molar-refractivity contribution is 5.80. The summed E-state index contributed by atoms with van der Waals surface area (Å²) in [6.45, 7) is 5.69. The molecule has 0 saturated heterocycles. The van der Waals surface area contributed by atoms with E-state index in [1.54, 1.807) is 7.11 Å². The molecule has 29 heavy (non-hydrogen) atoms. The van der Waals surface area contributed by atoms with Crippen molar-refractivity contribution < 1.29 is 9.47 Å². The number of hydrogen-bond donors (Lipinski definition) is 0. The van der Waals surface area contributed by atoms with Gasteiger partial charge in [-0.2, -0.15) is 0 Å². The van der Waals surface area contributed by atoms with Gasteiger partial charge in [0.05, 0.1) is 24.8 Å². The van der Waals surface area contributed by atoms with Crippen molar-refractivity contribution in [2.45, 2.75) is 26.8 Å². The van der Waals surface area contributed by atoms with Crippen molar-refractivity contribution in [3.8, 4) is 22.9 Å². The lowest BCUT2D eigenvalue weighted by molar-refractivity contribution is 0.301. The first-order valence-corrected chi connectivity index (χ1v) is 9.95. The molecule has 0 fully saturated rings. The number of benzene rings is 3. The Morgan fingerprint density at radius 3 is 2.48 bits per heavy atom. The van der Waals surface area contributed by atoms with Crippen LogP contribution in [0.2, 0.25) is 0 Å². The molecule has 0 aliphatic carbocycles. The van der Waals surface area contributed by atoms with Crippen LogP contribution in [0.25, 0.3) is 22.4 Å². The topological polar surface area (TPSA) is 36.3 Å². The van der Waals surface area contributed by atoms with Gasteiger partial charge in [-0.25, -0.2) is 4.98 Å². The molecule has 0 aliphatic rings. The maximum atomic E-state index is 6.03. The van der Waals surface area contributed by atoms with Gasteiger partial charge < -0.3 is 14.0 Å². The van der Waals surface area contributed by atoms with E-state index in [9.17, 15) is 0 Å². The third kappa shape index (κ3) is 4.11. The first kappa shape index (κ1) is 19.1. The molecule has 0 spiro atoms. The predicted molar refractivity (Wildman–Crippen MR) is 118 cm³/mol. The first-order valence-electron chi connectivity index (χ1n) is 9.95. The fourth-order valence-corrected chi connectivity index (χ4v) is 3.63. The molecule has 4 rings (SSSR count). The zero-order valence-electron chi connectivity index (χ0n) is 17.2. The van der Waals surface area contributed by atoms with Gasteiger partial charge in [-0.1, -0.05) is 29.8 Å². The highest BCUT2D eigenvalue weighted by Gasteiger charge is 2.12. The molecule has 0 amide bonds. The van der Waals surface area contributed by atoms with Gasteiger partial charge in [0.2, 0.25) is 0 Å². The zero-order chi connectivity index (χ0) is 20.2. The second kappa shape index (κ2) is 8.39. The lowest BCUT2D eigenvalue weighted by Crippen LogP contribution is -2.06. The number of nitrogens with zero attached hydrogens (tertiary/aromatic N) is 2. The summed E-state index contributed by atoms with van der Waals surface area (Å²) in [6, 6.07) is 22.6. The van der Waals surface area contributed by atoms with Gasteiger partial charge in [0, 0.05) is 12.1 Å². The van der Waals surface area contributed by atoms with Crippen molar-refractivity contribution in [2.75, 3.05) is 13.7 Å². The maximum absolute atomic E-state index is 6.03. The standard InChI is InChI=1S/C25H26N2O2/c1-18-9-14-24(19(2)17-18)29-16-6-15-27-23-8-5-4-7-22(23)26-25(27)20-10-12-21(28-3)13-11-20/h4-5,7-14,17H,6,15-16H2,1-3H3. The van der Waals surface area contributed by atoms with Crippen molar-refractivity contribution in [2.24, 2.45) is 0 Å². The third-order valence-electron chi connectivity index (χ3n) is 5.12. The van der Waals surface area contributed by atoms with Gasteiger partial charge in [-0.3, -0.25) is 0 Å². The lowest BCUT2D eigenvalue weighted by atomic mass is 10.1. The first-order chi connectivity index (χ1) is 14.2. The SMILES string of the molecule is COc1ccc(-c2nc3ccccc3n2CCCOc2ccc(C)cc2C)cc1. The number of imidazole rings is 1. The smallest absolute Gasteiger partial charge is 0.141 e. The fraction of sp³-hybridized carbons (Fsp3) is 0.240. The van der Waals surface area contributed by atoms with Crippen LogP contribution in [0.1, 0.15) is 17.5 Å². The summed E-state index contributed by atoms with van der Waals surface area (Å²) < 4.78 is 13.6. The van der Waals surface area contributed by atoms with Crippen LogP contribution in [0.4, 0.5) is 0 Å². The van der Waals surface area contributed by atoms with Crippen LogP contribution in [0.15, 0.2) is 66.7 Å². The Labute approximate surface area is 171 Å². The second-order valence-corrected chi connectivity index (χ2v) is 7.28. The van der Waals surface area contributed by atoms with Crippen molar-refractivity contribution in [3.05, 3.63) is 77.9 Å². The molecular formula is C25H26N2O2. The Hall–Kier alpha value is -3.27. The van der Waals surface area contributed by atoms with E-state index in [1.807, 2.05) is 18.2 Å². The van der Waals surface area contributed by atoms with Crippen LogP contribution in [0, 0.1) is 13.8 Å². The molecule has 148 valence electrons. The van der Waals surface area contributed by atoms with Gasteiger partial charge in [-0.05, 0) is 68.3 Å². The molecule has 4 aromatic rings. The number of aryl methyl sites for hydroxylation is 3. The van der Waals surface area contributed by atoms with Crippen molar-refractivity contribution in [3.63, 3.8) is 0 Å². The summed E-state index contributed by atoms with van der Waals surface area (Å²) in [4.78, 5) is 4.88. The monoisotopic (exact) mass is 386 g/mol. The Bertz CT molecular complexity index is 1110. The van der Waals surface area contributed by atoms with E-state index in [0.29, 0.717) is 6.61 Å². The highest BCUT2D eigenvalue weighted by atomic mass is 16.5. The summed E-state index contributed by atoms with van der Waals surface area (Å²) in [5, 5.41) is 0. The predicted octanol–water partition coefficient (Wildman–Crippen LogP) is 5.80. The summed E-state index contributed by atoms with van der Waals surface area (Å²) in [5.41, 5.74) is 5.66. The molecule has 4 heteroatoms. The van der Waals surface area contributed by atoms with Crippen molar-refractivity contribution in [1.82, 2.24) is 9.55 Å². The van der Waals surface area contributed by atoms with Gasteiger partial charge in [0.15, 0.2) is 0 Å². The molecule has 4 nitrogen and oxygen atoms in total. The van der Waals surface area contributed by atoms with Gasteiger partial charge >= 0.3 is 0 Å². The minimum absolute atomic E-state index is 0.665. The molecule has 1 heterocycles. The van der Waals surface area contributed by atoms with Crippen LogP contribution in [0.3, 0.4) is 0 Å². The van der Waals surface area contributed by atoms with Gasteiger partial charge in [-0.15, -0.1) is 0 Å². The third-order valence-corrected chi connectivity index (χ3v) is 5.12. The number of rotatable bonds is 7. The molecule has 0 radical (unpaired) electrons. The molecule has 3 aromatic carbocycles. The van der Waals surface area contributed by atoms with E-state index in [0.717, 1.165) is 46.9 Å². The second-order valence-electron chi connectivity index (χ2n) is 7.28. The van der Waals surface area contributed by atoms with Crippen molar-refractivity contribution >= 4 is 11.0 Å². The van der Waals surface area contributed by atoms with E-state index in [-0.39, 0.29) is 0 Å². The Balaban J connectivity index is 1.54. The normalized spacial score (nSPS) is 11.0. The minimum Gasteiger partial charge on any atom is -0.497 e. The number of para-hydroxylation sites is 2. The van der Waals surface area contributed by atoms with Gasteiger partial charge in [0.25, 0.3) is 0 Å². The molecule has 0 unspecified atom stereocenters. The molecular weight excluding hydrogens is 360 g/mol. The molecule has 1 aromatic heterocycles. The number of hydrogen-bond acceptors (Lipinski definition) is 3. The number of methoxy groups -OCH3 is 1. The minimum atomic E-state index is 0.665. The van der Waals surface area contributed by atoms with E-state index in [2.05, 4.69) is 66.9 Å². The maximum Gasteiger partial charge on any atom is 0.141 e. The van der Waals surface area contributed by atoms with Crippen LogP contribution in [-0.4, -0.2) is 23.3 Å². The largest absolute Gasteiger partial charge is 0.497 e. The molecule has 0 bridgehead atoms. The Morgan fingerprint density at radius 2 is 1.72 bits per heavy atom. The summed E-state index contributed by atoms with van der Waals surface area (Å²) in [6.07, 6.45) is 0.900. The van der Waals surface area contributed by atoms with Crippen molar-refractivity contribution in [1.29, 1.82) is 0 Å². The van der Waals surface area contributed by atoms with Crippen LogP contribution in [-0.2, 0) is 6.54 Å². The van der Waals surface area contributed by atoms with E-state index in [4.69, 9.17) is 14.5 Å². The molecule has 0 N–H and O–H groups in total. The van der Waals surface area contributed by atoms with Crippen LogP contribution >= 0.6 is 0 Å². The average molecular weight is 386 g/mol. The average Bonchev–Trinajstić information content (AvgIpc) is 3.11. The zero-order valence-corrected chi connectivity index (χ0v) is 17.2. The van der Waals surface area contributed by atoms with E-state index >= 15 is 0 Å². The van der Waals surface area contributed by atoms with Crippen LogP contribution in [0.5, 0.6) is 11.5 Å². The van der Waals surface area contributed by atoms with Gasteiger partial charge in [0.1, 0.15) is 17.3 Å². The number of aromatic nitrogens is 2. The van der Waals surface area contributed by atoms with Crippen LogP contribution < -0.4 is 9.47 Å². The Kier molecular flexibility index (Phi) is 5.52. The highest BCUT2D eigenvalue weighted by Crippen LogP contribution is 2.27. The lowest BCUT2D eigenvalue weighted by Gasteiger charge is -2.12. The van der Waals surface area contributed by atoms with E-state index < -0.39 is 0 Å². The molecule has 0 aliphatic heterocycles. The molecule has 0 saturated carbocycles. The summed E-state index contributed by atoms with van der Waals surface area (Å²) >= 11 is 0. The summed E-state index contributed by atoms with van der Waals surface area (Å²) in [5.74, 6) is 2.78. The summed E-state index contributed by atoms with van der Waals surface area (Å²) in [7, 11) is 1.68. The number of ether oxygens (including phenoxy) is 2. The Morgan fingerprint density at radius 1 is 0.931 bits per heavy atom. The fourth-order valence-electron chi connectivity index (χ4n) is 3.63. The quantitative estimate of drug-likeness (QED) is 0.377. The van der Waals surface area contributed by atoms with E-state index in [1.165, 1.54) is 11.1 Å². The molecule has 0 atom stereocenters. The number of fused-ring (bicyclic) bond motifs is 1.